The molecule has 0 aromatic carbocycles. The molecule has 0 bridgehead atoms. The molecule has 0 saturated heterocycles. The van der Waals surface area contributed by atoms with Crippen LogP contribution in [0.1, 0.15) is 20.8 Å². The first-order chi connectivity index (χ1) is 6.65. The summed E-state index contributed by atoms with van der Waals surface area (Å²) in [5.74, 6) is 0. The maximum absolute atomic E-state index is 8.82. The lowest BCUT2D eigenvalue weighted by molar-refractivity contribution is 0.231. The molecule has 0 amide bonds. The number of rotatable bonds is 6. The third-order valence-electron chi connectivity index (χ3n) is 2.07. The Morgan fingerprint density at radius 3 is 2.43 bits per heavy atom. The lowest BCUT2D eigenvalue weighted by Crippen LogP contribution is -2.24. The number of allylic oxidation sites excluding steroid dienone is 4. The van der Waals surface area contributed by atoms with E-state index in [0.29, 0.717) is 6.54 Å². The van der Waals surface area contributed by atoms with Crippen molar-refractivity contribution in [2.45, 2.75) is 20.8 Å². The van der Waals surface area contributed by atoms with Crippen molar-refractivity contribution >= 4 is 6.21 Å². The Kier molecular flexibility index (Phi) is 6.76. The monoisotopic (exact) mass is 196 g/mol. The van der Waals surface area contributed by atoms with Crippen LogP contribution in [0.15, 0.2) is 23.4 Å². The van der Waals surface area contributed by atoms with Gasteiger partial charge in [-0.25, -0.2) is 0 Å². The lowest BCUT2D eigenvalue weighted by atomic mass is 10.2. The number of nitrogens with one attached hydrogen (secondary N) is 1. The van der Waals surface area contributed by atoms with Crippen molar-refractivity contribution in [2.24, 2.45) is 0 Å². The molecule has 0 aliphatic carbocycles. The van der Waals surface area contributed by atoms with E-state index in [9.17, 15) is 0 Å². The highest BCUT2D eigenvalue weighted by atomic mass is 16.3. The minimum absolute atomic E-state index is 0.173. The van der Waals surface area contributed by atoms with Crippen molar-refractivity contribution < 1.29 is 5.11 Å². The van der Waals surface area contributed by atoms with E-state index >= 15 is 0 Å². The highest BCUT2D eigenvalue weighted by Gasteiger charge is 1.99. The average molecular weight is 196 g/mol. The summed E-state index contributed by atoms with van der Waals surface area (Å²) in [5.41, 5.74) is 2.03. The second kappa shape index (κ2) is 7.33. The molecule has 80 valence electrons. The van der Waals surface area contributed by atoms with Crippen molar-refractivity contribution in [3.63, 3.8) is 0 Å². The Bertz CT molecular complexity index is 231. The van der Waals surface area contributed by atoms with Gasteiger partial charge in [0.05, 0.1) is 6.61 Å². The average Bonchev–Trinajstić information content (AvgIpc) is 2.21. The summed E-state index contributed by atoms with van der Waals surface area (Å²) in [6.07, 6.45) is 5.20. The van der Waals surface area contributed by atoms with Gasteiger partial charge in [0, 0.05) is 25.0 Å². The molecule has 0 heterocycles. The van der Waals surface area contributed by atoms with Gasteiger partial charge in [0.15, 0.2) is 0 Å². The van der Waals surface area contributed by atoms with Crippen LogP contribution in [0.4, 0.5) is 0 Å². The van der Waals surface area contributed by atoms with Gasteiger partial charge >= 0.3 is 0 Å². The van der Waals surface area contributed by atoms with E-state index in [1.807, 2.05) is 26.0 Å². The largest absolute Gasteiger partial charge is 0.395 e. The zero-order valence-electron chi connectivity index (χ0n) is 9.25. The summed E-state index contributed by atoms with van der Waals surface area (Å²) >= 11 is 0. The summed E-state index contributed by atoms with van der Waals surface area (Å²) in [6, 6.07) is 0. The topological polar surface area (TPSA) is 47.3 Å². The van der Waals surface area contributed by atoms with E-state index in [2.05, 4.69) is 11.8 Å². The highest BCUT2D eigenvalue weighted by Crippen LogP contribution is 2.03. The van der Waals surface area contributed by atoms with Gasteiger partial charge in [-0.15, -0.1) is 0 Å². The van der Waals surface area contributed by atoms with E-state index in [1.165, 1.54) is 6.21 Å². The molecule has 14 heavy (non-hydrogen) atoms. The maximum Gasteiger partial charge on any atom is 0.0606 e. The molecule has 0 aliphatic heterocycles. The number of nitrogens with zero attached hydrogens (tertiary/aromatic N) is 1. The molecule has 2 N–H and O–H groups in total. The fraction of sp³-hybridized carbons (Fsp3) is 0.545. The Morgan fingerprint density at radius 2 is 2.00 bits per heavy atom. The molecule has 3 nitrogen and oxygen atoms in total. The summed E-state index contributed by atoms with van der Waals surface area (Å²) in [7, 11) is 0. The quantitative estimate of drug-likeness (QED) is 0.502. The van der Waals surface area contributed by atoms with Gasteiger partial charge in [-0.05, 0) is 32.4 Å². The van der Waals surface area contributed by atoms with Gasteiger partial charge in [0.25, 0.3) is 0 Å². The number of hydrogen-bond acceptors (Lipinski definition) is 3. The van der Waals surface area contributed by atoms with E-state index in [0.717, 1.165) is 17.8 Å². The Hall–Kier alpha value is -1.09. The number of hydrogen-bond donors (Lipinski definition) is 2. The van der Waals surface area contributed by atoms with Crippen LogP contribution in [0.2, 0.25) is 0 Å². The Labute approximate surface area is 86.2 Å². The molecule has 0 atom stereocenters. The molecule has 0 radical (unpaired) electrons. The van der Waals surface area contributed by atoms with Gasteiger partial charge in [0.2, 0.25) is 0 Å². The van der Waals surface area contributed by atoms with E-state index in [-0.39, 0.29) is 6.61 Å². The predicted molar refractivity (Wildman–Crippen MR) is 60.6 cm³/mol. The van der Waals surface area contributed by atoms with Gasteiger partial charge in [-0.3, -0.25) is 0 Å². The lowest BCUT2D eigenvalue weighted by Gasteiger charge is -2.22. The number of aliphatic hydroxyl groups is 1. The highest BCUT2D eigenvalue weighted by molar-refractivity contribution is 5.75. The van der Waals surface area contributed by atoms with Gasteiger partial charge in [-0.1, -0.05) is 6.08 Å². The molecule has 0 aliphatic rings. The molecule has 0 aromatic rings. The van der Waals surface area contributed by atoms with Gasteiger partial charge in [0.1, 0.15) is 0 Å². The summed E-state index contributed by atoms with van der Waals surface area (Å²) in [4.78, 5) is 2.09. The van der Waals surface area contributed by atoms with Crippen molar-refractivity contribution in [1.82, 2.24) is 4.90 Å². The zero-order valence-corrected chi connectivity index (χ0v) is 9.25. The Morgan fingerprint density at radius 1 is 1.36 bits per heavy atom. The molecule has 0 unspecified atom stereocenters. The molecule has 0 aromatic heterocycles. The third kappa shape index (κ3) is 4.82. The minimum atomic E-state index is 0.173. The van der Waals surface area contributed by atoms with Crippen molar-refractivity contribution in [2.75, 3.05) is 19.7 Å². The van der Waals surface area contributed by atoms with Gasteiger partial charge in [-0.2, -0.15) is 0 Å². The normalized spacial score (nSPS) is 12.9. The number of likely N-dealkylation sites (N-methyl/N-ethyl adjacent to an activating group) is 1. The van der Waals surface area contributed by atoms with Crippen LogP contribution in [-0.2, 0) is 0 Å². The summed E-state index contributed by atoms with van der Waals surface area (Å²) < 4.78 is 0. The first-order valence-electron chi connectivity index (χ1n) is 4.87. The van der Waals surface area contributed by atoms with Crippen LogP contribution in [0.3, 0.4) is 0 Å². The van der Waals surface area contributed by atoms with E-state index < -0.39 is 0 Å². The van der Waals surface area contributed by atoms with E-state index in [1.54, 1.807) is 0 Å². The second-order valence-corrected chi connectivity index (χ2v) is 3.17. The third-order valence-corrected chi connectivity index (χ3v) is 2.07. The fourth-order valence-electron chi connectivity index (χ4n) is 1.11. The van der Waals surface area contributed by atoms with Crippen LogP contribution in [-0.4, -0.2) is 35.9 Å². The molecular formula is C11H20N2O. The van der Waals surface area contributed by atoms with Gasteiger partial charge < -0.3 is 15.4 Å². The molecule has 0 saturated carbocycles. The Balaban J connectivity index is 4.39. The molecule has 0 fully saturated rings. The first kappa shape index (κ1) is 12.9. The summed E-state index contributed by atoms with van der Waals surface area (Å²) in [5, 5.41) is 15.8. The van der Waals surface area contributed by atoms with Crippen LogP contribution < -0.4 is 0 Å². The molecular weight excluding hydrogens is 176 g/mol. The number of aliphatic hydroxyl groups excluding tert-OH is 1. The molecule has 3 heteroatoms. The minimum Gasteiger partial charge on any atom is -0.395 e. The maximum atomic E-state index is 8.82. The fourth-order valence-corrected chi connectivity index (χ4v) is 1.11. The predicted octanol–water partition coefficient (Wildman–Crippen LogP) is 1.80. The standard InChI is InChI=1S/C11H20N2O/c1-4-13(7-8-14)11(3)6-5-10(2)9-12/h5-6,9,12,14H,4,7-8H2,1-3H3/b10-5+,11-6+,12-9?. The van der Waals surface area contributed by atoms with Crippen molar-refractivity contribution in [3.8, 4) is 0 Å². The van der Waals surface area contributed by atoms with Crippen molar-refractivity contribution in [3.05, 3.63) is 23.4 Å². The molecule has 0 spiro atoms. The zero-order chi connectivity index (χ0) is 11.0. The van der Waals surface area contributed by atoms with Crippen molar-refractivity contribution in [1.29, 1.82) is 5.41 Å². The second-order valence-electron chi connectivity index (χ2n) is 3.17. The van der Waals surface area contributed by atoms with Crippen LogP contribution >= 0.6 is 0 Å². The first-order valence-corrected chi connectivity index (χ1v) is 4.87. The SMILES string of the molecule is CCN(CCO)/C(C)=C/C=C(\C)C=N. The smallest absolute Gasteiger partial charge is 0.0606 e. The molecule has 0 rings (SSSR count). The van der Waals surface area contributed by atoms with Crippen LogP contribution in [0.5, 0.6) is 0 Å². The summed E-state index contributed by atoms with van der Waals surface area (Å²) in [6.45, 7) is 7.68. The van der Waals surface area contributed by atoms with Crippen LogP contribution in [0, 0.1) is 5.41 Å². The van der Waals surface area contributed by atoms with E-state index in [4.69, 9.17) is 10.5 Å². The van der Waals surface area contributed by atoms with Crippen LogP contribution in [0.25, 0.3) is 0 Å².